The SMILES string of the molecule is O=C(NCC(F)(F)F)N1CCC[C@H]2CCCC[C@H]21. The molecular formula is C12H19F3N2O. The van der Waals surface area contributed by atoms with Crippen molar-refractivity contribution in [3.63, 3.8) is 0 Å². The molecule has 0 radical (unpaired) electrons. The zero-order valence-corrected chi connectivity index (χ0v) is 10.3. The minimum absolute atomic E-state index is 0.153. The quantitative estimate of drug-likeness (QED) is 0.776. The van der Waals surface area contributed by atoms with E-state index in [-0.39, 0.29) is 6.04 Å². The molecule has 0 aromatic rings. The monoisotopic (exact) mass is 264 g/mol. The van der Waals surface area contributed by atoms with Crippen LogP contribution in [0, 0.1) is 5.92 Å². The molecule has 2 aliphatic rings. The van der Waals surface area contributed by atoms with Gasteiger partial charge in [-0.3, -0.25) is 0 Å². The maximum atomic E-state index is 12.1. The summed E-state index contributed by atoms with van der Waals surface area (Å²) in [7, 11) is 0. The molecule has 1 saturated carbocycles. The number of piperidine rings is 1. The first-order chi connectivity index (χ1) is 8.47. The molecule has 0 aromatic heterocycles. The first-order valence-corrected chi connectivity index (χ1v) is 6.58. The normalized spacial score (nSPS) is 28.7. The van der Waals surface area contributed by atoms with Gasteiger partial charge >= 0.3 is 12.2 Å². The van der Waals surface area contributed by atoms with Gasteiger partial charge in [-0.15, -0.1) is 0 Å². The van der Waals surface area contributed by atoms with E-state index in [0.29, 0.717) is 12.5 Å². The highest BCUT2D eigenvalue weighted by molar-refractivity contribution is 5.74. The number of carbonyl (C=O) groups excluding carboxylic acids is 1. The number of urea groups is 1. The fourth-order valence-electron chi connectivity index (χ4n) is 3.15. The molecule has 0 bridgehead atoms. The molecule has 104 valence electrons. The van der Waals surface area contributed by atoms with E-state index in [2.05, 4.69) is 0 Å². The second kappa shape index (κ2) is 5.36. The molecule has 1 saturated heterocycles. The maximum absolute atomic E-state index is 12.1. The Kier molecular flexibility index (Phi) is 4.02. The zero-order chi connectivity index (χ0) is 13.2. The number of nitrogens with zero attached hydrogens (tertiary/aromatic N) is 1. The van der Waals surface area contributed by atoms with Crippen molar-refractivity contribution in [1.29, 1.82) is 0 Å². The Morgan fingerprint density at radius 1 is 1.17 bits per heavy atom. The molecule has 2 atom stereocenters. The highest BCUT2D eigenvalue weighted by Crippen LogP contribution is 2.35. The van der Waals surface area contributed by atoms with Crippen LogP contribution in [-0.2, 0) is 0 Å². The van der Waals surface area contributed by atoms with Crippen LogP contribution in [0.2, 0.25) is 0 Å². The van der Waals surface area contributed by atoms with Crippen LogP contribution in [0.25, 0.3) is 0 Å². The number of hydrogen-bond donors (Lipinski definition) is 1. The maximum Gasteiger partial charge on any atom is 0.405 e. The van der Waals surface area contributed by atoms with Crippen LogP contribution >= 0.6 is 0 Å². The highest BCUT2D eigenvalue weighted by Gasteiger charge is 2.37. The molecule has 0 unspecified atom stereocenters. The first kappa shape index (κ1) is 13.5. The third-order valence-corrected chi connectivity index (χ3v) is 3.94. The molecule has 18 heavy (non-hydrogen) atoms. The molecule has 2 amide bonds. The summed E-state index contributed by atoms with van der Waals surface area (Å²) in [4.78, 5) is 13.4. The number of alkyl halides is 3. The molecular weight excluding hydrogens is 245 g/mol. The summed E-state index contributed by atoms with van der Waals surface area (Å²) in [5, 5.41) is 1.99. The van der Waals surface area contributed by atoms with Gasteiger partial charge in [-0.05, 0) is 31.6 Å². The van der Waals surface area contributed by atoms with E-state index >= 15 is 0 Å². The van der Waals surface area contributed by atoms with E-state index in [4.69, 9.17) is 0 Å². The molecule has 2 rings (SSSR count). The summed E-state index contributed by atoms with van der Waals surface area (Å²) in [6.45, 7) is -0.648. The Labute approximate surface area is 105 Å². The number of fused-ring (bicyclic) bond motifs is 1. The van der Waals surface area contributed by atoms with Crippen molar-refractivity contribution >= 4 is 6.03 Å². The molecule has 0 aromatic carbocycles. The molecule has 1 aliphatic carbocycles. The van der Waals surface area contributed by atoms with E-state index in [1.807, 2.05) is 5.32 Å². The lowest BCUT2D eigenvalue weighted by Crippen LogP contribution is -2.54. The molecule has 1 aliphatic heterocycles. The number of likely N-dealkylation sites (tertiary alicyclic amines) is 1. The first-order valence-electron chi connectivity index (χ1n) is 6.58. The van der Waals surface area contributed by atoms with E-state index in [1.165, 1.54) is 6.42 Å². The predicted molar refractivity (Wildman–Crippen MR) is 61.1 cm³/mol. The van der Waals surface area contributed by atoms with Gasteiger partial charge in [-0.25, -0.2) is 4.79 Å². The Morgan fingerprint density at radius 3 is 2.56 bits per heavy atom. The number of amides is 2. The van der Waals surface area contributed by atoms with Gasteiger partial charge in [0.1, 0.15) is 6.54 Å². The molecule has 1 N–H and O–H groups in total. The number of halogens is 3. The Balaban J connectivity index is 1.91. The highest BCUT2D eigenvalue weighted by atomic mass is 19.4. The molecule has 1 heterocycles. The van der Waals surface area contributed by atoms with Crippen LogP contribution in [0.3, 0.4) is 0 Å². The number of carbonyl (C=O) groups is 1. The largest absolute Gasteiger partial charge is 0.405 e. The standard InChI is InChI=1S/C12H19F3N2O/c13-12(14,15)8-16-11(18)17-7-3-5-9-4-1-2-6-10(9)17/h9-10H,1-8H2,(H,16,18)/t9-,10-/m1/s1. The van der Waals surface area contributed by atoms with Gasteiger partial charge in [-0.1, -0.05) is 12.8 Å². The van der Waals surface area contributed by atoms with Crippen molar-refractivity contribution in [2.45, 2.75) is 50.7 Å². The van der Waals surface area contributed by atoms with Crippen molar-refractivity contribution in [3.8, 4) is 0 Å². The third-order valence-electron chi connectivity index (χ3n) is 3.94. The van der Waals surface area contributed by atoms with Crippen molar-refractivity contribution in [1.82, 2.24) is 10.2 Å². The lowest BCUT2D eigenvalue weighted by molar-refractivity contribution is -0.123. The smallest absolute Gasteiger partial charge is 0.329 e. The van der Waals surface area contributed by atoms with Crippen molar-refractivity contribution in [2.24, 2.45) is 5.92 Å². The van der Waals surface area contributed by atoms with Crippen molar-refractivity contribution < 1.29 is 18.0 Å². The minimum Gasteiger partial charge on any atom is -0.329 e. The summed E-state index contributed by atoms with van der Waals surface area (Å²) in [5.74, 6) is 0.490. The second-order valence-electron chi connectivity index (χ2n) is 5.22. The molecule has 2 fully saturated rings. The Hall–Kier alpha value is -0.940. The summed E-state index contributed by atoms with van der Waals surface area (Å²) < 4.78 is 36.2. The van der Waals surface area contributed by atoms with Gasteiger partial charge < -0.3 is 10.2 Å². The van der Waals surface area contributed by atoms with E-state index in [9.17, 15) is 18.0 Å². The Bertz CT molecular complexity index is 304. The van der Waals surface area contributed by atoms with E-state index in [0.717, 1.165) is 32.1 Å². The summed E-state index contributed by atoms with van der Waals surface area (Å²) >= 11 is 0. The van der Waals surface area contributed by atoms with Crippen molar-refractivity contribution in [3.05, 3.63) is 0 Å². The number of rotatable bonds is 1. The Morgan fingerprint density at radius 2 is 1.83 bits per heavy atom. The average molecular weight is 264 g/mol. The lowest BCUT2D eigenvalue weighted by atomic mass is 9.78. The van der Waals surface area contributed by atoms with Gasteiger partial charge in [0.05, 0.1) is 0 Å². The minimum atomic E-state index is -4.34. The van der Waals surface area contributed by atoms with Gasteiger partial charge in [0.25, 0.3) is 0 Å². The number of hydrogen-bond acceptors (Lipinski definition) is 1. The van der Waals surface area contributed by atoms with Crippen LogP contribution in [0.4, 0.5) is 18.0 Å². The van der Waals surface area contributed by atoms with Crippen molar-refractivity contribution in [2.75, 3.05) is 13.1 Å². The zero-order valence-electron chi connectivity index (χ0n) is 10.3. The van der Waals surface area contributed by atoms with Crippen LogP contribution in [-0.4, -0.2) is 36.2 Å². The fourth-order valence-corrected chi connectivity index (χ4v) is 3.15. The van der Waals surface area contributed by atoms with E-state index < -0.39 is 18.8 Å². The number of nitrogens with one attached hydrogen (secondary N) is 1. The summed E-state index contributed by atoms with van der Waals surface area (Å²) in [6.07, 6.45) is 1.97. The predicted octanol–water partition coefficient (Wildman–Crippen LogP) is 2.91. The molecule has 0 spiro atoms. The van der Waals surface area contributed by atoms with Crippen LogP contribution in [0.1, 0.15) is 38.5 Å². The summed E-state index contributed by atoms with van der Waals surface area (Å²) in [5.41, 5.74) is 0. The van der Waals surface area contributed by atoms with Gasteiger partial charge in [0.15, 0.2) is 0 Å². The van der Waals surface area contributed by atoms with Crippen LogP contribution < -0.4 is 5.32 Å². The summed E-state index contributed by atoms with van der Waals surface area (Å²) in [6, 6.07) is -0.398. The third kappa shape index (κ3) is 3.29. The topological polar surface area (TPSA) is 32.3 Å². The van der Waals surface area contributed by atoms with Gasteiger partial charge in [0.2, 0.25) is 0 Å². The van der Waals surface area contributed by atoms with Crippen LogP contribution in [0.5, 0.6) is 0 Å². The molecule has 3 nitrogen and oxygen atoms in total. The van der Waals surface area contributed by atoms with E-state index in [1.54, 1.807) is 4.90 Å². The van der Waals surface area contributed by atoms with Gasteiger partial charge in [0, 0.05) is 12.6 Å². The average Bonchev–Trinajstić information content (AvgIpc) is 2.34. The van der Waals surface area contributed by atoms with Crippen LogP contribution in [0.15, 0.2) is 0 Å². The molecule has 6 heteroatoms. The second-order valence-corrected chi connectivity index (χ2v) is 5.22. The lowest BCUT2D eigenvalue weighted by Gasteiger charge is -2.44. The fraction of sp³-hybridized carbons (Fsp3) is 0.917. The van der Waals surface area contributed by atoms with Gasteiger partial charge in [-0.2, -0.15) is 13.2 Å².